The molecule has 0 rings (SSSR count). The van der Waals surface area contributed by atoms with Crippen molar-refractivity contribution in [1.82, 2.24) is 0 Å². The fourth-order valence-corrected chi connectivity index (χ4v) is 1.77. The summed E-state index contributed by atoms with van der Waals surface area (Å²) >= 11 is 0.614. The van der Waals surface area contributed by atoms with Crippen LogP contribution < -0.4 is 5.73 Å². The highest BCUT2D eigenvalue weighted by Crippen LogP contribution is 2.51. The highest BCUT2D eigenvalue weighted by molar-refractivity contribution is 7.99. The number of nitrogens with two attached hydrogens (primary N) is 1. The lowest BCUT2D eigenvalue weighted by Gasteiger charge is -2.33. The minimum Gasteiger partial charge on any atom is -0.330 e. The largest absolute Gasteiger partial charge is 0.462 e. The van der Waals surface area contributed by atoms with Crippen molar-refractivity contribution >= 4 is 11.8 Å². The van der Waals surface area contributed by atoms with Crippen molar-refractivity contribution in [1.29, 1.82) is 0 Å². The number of rotatable bonds is 9. The Morgan fingerprint density at radius 1 is 0.739 bits per heavy atom. The van der Waals surface area contributed by atoms with Crippen molar-refractivity contribution in [3.05, 3.63) is 0 Å². The van der Waals surface area contributed by atoms with E-state index < -0.39 is 42.4 Å². The number of hydrogen-bond donors (Lipinski definition) is 1. The first-order valence-corrected chi connectivity index (χ1v) is 6.73. The third-order valence-corrected chi connectivity index (χ3v) is 3.24. The lowest BCUT2D eigenvalue weighted by molar-refractivity contribution is -0.496. The molecule has 0 heterocycles. The smallest absolute Gasteiger partial charge is 0.330 e. The average molecular weight is 389 g/mol. The van der Waals surface area contributed by atoms with Gasteiger partial charge >= 0.3 is 30.2 Å². The van der Waals surface area contributed by atoms with Gasteiger partial charge in [0.1, 0.15) is 0 Å². The molecule has 140 valence electrons. The number of alkyl halides is 11. The van der Waals surface area contributed by atoms with E-state index in [-0.39, 0.29) is 12.3 Å². The van der Waals surface area contributed by atoms with Crippen LogP contribution in [0.2, 0.25) is 0 Å². The van der Waals surface area contributed by atoms with Gasteiger partial charge in [-0.25, -0.2) is 4.74 Å². The molecule has 0 radical (unpaired) electrons. The summed E-state index contributed by atoms with van der Waals surface area (Å²) in [6, 6.07) is 0. The van der Waals surface area contributed by atoms with E-state index in [1.54, 1.807) is 0 Å². The van der Waals surface area contributed by atoms with Crippen LogP contribution in [0.3, 0.4) is 0 Å². The molecule has 14 heteroatoms. The zero-order chi connectivity index (χ0) is 18.7. The molecular formula is C9H10F11NOS. The van der Waals surface area contributed by atoms with Gasteiger partial charge in [-0.15, -0.1) is 0 Å². The monoisotopic (exact) mass is 389 g/mol. The average Bonchev–Trinajstić information content (AvgIpc) is 2.31. The predicted octanol–water partition coefficient (Wildman–Crippen LogP) is 4.10. The van der Waals surface area contributed by atoms with Crippen LogP contribution in [-0.2, 0) is 4.74 Å². The summed E-state index contributed by atoms with van der Waals surface area (Å²) < 4.78 is 139. The van der Waals surface area contributed by atoms with Gasteiger partial charge in [0.25, 0.3) is 0 Å². The van der Waals surface area contributed by atoms with Crippen LogP contribution in [0.4, 0.5) is 48.3 Å². The summed E-state index contributed by atoms with van der Waals surface area (Å²) in [5, 5.41) is 0. The molecular weight excluding hydrogens is 379 g/mol. The van der Waals surface area contributed by atoms with E-state index in [9.17, 15) is 48.3 Å². The molecule has 0 atom stereocenters. The summed E-state index contributed by atoms with van der Waals surface area (Å²) in [6.45, 7) is -0.0149. The SMILES string of the molecule is NCCSCCC(F)(F)C(F)(F)OC(F)(F)C(F)(F)C(F)(F)F. The number of thioether (sulfide) groups is 1. The second kappa shape index (κ2) is 7.17. The fraction of sp³-hybridized carbons (Fsp3) is 1.00. The minimum atomic E-state index is -7.09. The molecule has 0 aliphatic heterocycles. The minimum absolute atomic E-state index is 0.0149. The maximum atomic E-state index is 13.1. The first kappa shape index (κ1) is 22.5. The predicted molar refractivity (Wildman–Crippen MR) is 57.9 cm³/mol. The van der Waals surface area contributed by atoms with Crippen LogP contribution in [0.25, 0.3) is 0 Å². The highest BCUT2D eigenvalue weighted by Gasteiger charge is 2.78. The van der Waals surface area contributed by atoms with Crippen molar-refractivity contribution in [3.8, 4) is 0 Å². The highest BCUT2D eigenvalue weighted by atomic mass is 32.2. The van der Waals surface area contributed by atoms with Crippen LogP contribution in [0.5, 0.6) is 0 Å². The molecule has 2 N–H and O–H groups in total. The van der Waals surface area contributed by atoms with Gasteiger partial charge in [-0.3, -0.25) is 0 Å². The molecule has 23 heavy (non-hydrogen) atoms. The van der Waals surface area contributed by atoms with Gasteiger partial charge in [-0.05, 0) is 5.75 Å². The van der Waals surface area contributed by atoms with Gasteiger partial charge in [0.05, 0.1) is 0 Å². The molecule has 0 saturated heterocycles. The van der Waals surface area contributed by atoms with E-state index in [0.29, 0.717) is 11.8 Å². The zero-order valence-electron chi connectivity index (χ0n) is 10.9. The number of ether oxygens (including phenoxy) is 1. The van der Waals surface area contributed by atoms with Gasteiger partial charge < -0.3 is 5.73 Å². The van der Waals surface area contributed by atoms with Crippen LogP contribution >= 0.6 is 11.8 Å². The second-order valence-corrected chi connectivity index (χ2v) is 5.29. The van der Waals surface area contributed by atoms with Gasteiger partial charge in [-0.1, -0.05) is 0 Å². The van der Waals surface area contributed by atoms with Gasteiger partial charge in [-0.2, -0.15) is 60.1 Å². The number of hydrogen-bond acceptors (Lipinski definition) is 3. The third kappa shape index (κ3) is 5.24. The van der Waals surface area contributed by atoms with Crippen molar-refractivity contribution in [2.75, 3.05) is 18.1 Å². The van der Waals surface area contributed by atoms with Crippen LogP contribution in [0, 0.1) is 0 Å². The first-order valence-electron chi connectivity index (χ1n) is 5.58. The Bertz CT molecular complexity index is 384. The quantitative estimate of drug-likeness (QED) is 0.476. The Kier molecular flexibility index (Phi) is 7.01. The lowest BCUT2D eigenvalue weighted by Crippen LogP contribution is -2.58. The molecule has 0 aromatic heterocycles. The van der Waals surface area contributed by atoms with Crippen molar-refractivity contribution in [2.45, 2.75) is 36.7 Å². The van der Waals surface area contributed by atoms with E-state index >= 15 is 0 Å². The fourth-order valence-electron chi connectivity index (χ4n) is 0.996. The van der Waals surface area contributed by atoms with E-state index in [2.05, 4.69) is 0 Å². The van der Waals surface area contributed by atoms with Crippen LogP contribution in [-0.4, -0.2) is 48.3 Å². The van der Waals surface area contributed by atoms with Crippen LogP contribution in [0.15, 0.2) is 0 Å². The van der Waals surface area contributed by atoms with Crippen molar-refractivity contribution < 1.29 is 53.0 Å². The summed E-state index contributed by atoms with van der Waals surface area (Å²) in [4.78, 5) is 0. The second-order valence-electron chi connectivity index (χ2n) is 4.06. The zero-order valence-corrected chi connectivity index (χ0v) is 11.7. The summed E-state index contributed by atoms with van der Waals surface area (Å²) in [7, 11) is 0. The molecule has 0 amide bonds. The Labute approximate surface area is 126 Å². The Hall–Kier alpha value is -0.500. The Balaban J connectivity index is 5.14. The van der Waals surface area contributed by atoms with Crippen LogP contribution in [0.1, 0.15) is 6.42 Å². The summed E-state index contributed by atoms with van der Waals surface area (Å²) in [5.74, 6) is -13.2. The van der Waals surface area contributed by atoms with E-state index in [1.165, 1.54) is 0 Å². The summed E-state index contributed by atoms with van der Waals surface area (Å²) in [5.41, 5.74) is 4.97. The van der Waals surface area contributed by atoms with Gasteiger partial charge in [0.2, 0.25) is 0 Å². The van der Waals surface area contributed by atoms with E-state index in [1.807, 2.05) is 4.74 Å². The molecule has 0 aliphatic carbocycles. The number of halogens is 11. The molecule has 0 aliphatic rings. The normalized spacial score (nSPS) is 15.1. The molecule has 0 bridgehead atoms. The standard InChI is InChI=1S/C9H10F11NOS/c10-5(11,1-3-23-4-2-21)8(17,18)22-9(19,20)6(12,13)7(14,15)16/h1-4,21H2. The molecule has 0 spiro atoms. The third-order valence-electron chi connectivity index (χ3n) is 2.23. The Morgan fingerprint density at radius 2 is 1.22 bits per heavy atom. The molecule has 0 saturated carbocycles. The lowest BCUT2D eigenvalue weighted by atomic mass is 10.2. The van der Waals surface area contributed by atoms with Crippen molar-refractivity contribution in [3.63, 3.8) is 0 Å². The van der Waals surface area contributed by atoms with E-state index in [0.717, 1.165) is 0 Å². The topological polar surface area (TPSA) is 35.2 Å². The molecule has 0 aromatic rings. The van der Waals surface area contributed by atoms with Crippen molar-refractivity contribution in [2.24, 2.45) is 5.73 Å². The van der Waals surface area contributed by atoms with E-state index in [4.69, 9.17) is 5.73 Å². The Morgan fingerprint density at radius 3 is 1.61 bits per heavy atom. The maximum Gasteiger partial charge on any atom is 0.462 e. The maximum absolute atomic E-state index is 13.1. The molecule has 0 aromatic carbocycles. The first-order chi connectivity index (χ1) is 10.0. The summed E-state index contributed by atoms with van der Waals surface area (Å²) in [6.07, 6.45) is -22.0. The molecule has 2 nitrogen and oxygen atoms in total. The van der Waals surface area contributed by atoms with Gasteiger partial charge in [0.15, 0.2) is 0 Å². The van der Waals surface area contributed by atoms with Gasteiger partial charge in [0, 0.05) is 18.7 Å². The molecule has 0 unspecified atom stereocenters. The molecule has 0 fully saturated rings.